The fourth-order valence-electron chi connectivity index (χ4n) is 2.98. The molecule has 1 aromatic carbocycles. The number of aromatic amines is 1. The lowest BCUT2D eigenvalue weighted by Gasteiger charge is -2.27. The van der Waals surface area contributed by atoms with E-state index in [4.69, 9.17) is 5.11 Å². The van der Waals surface area contributed by atoms with E-state index in [1.165, 1.54) is 12.1 Å². The molecule has 0 unspecified atom stereocenters. The van der Waals surface area contributed by atoms with Crippen molar-refractivity contribution in [2.45, 2.75) is 31.7 Å². The Morgan fingerprint density at radius 3 is 2.76 bits per heavy atom. The summed E-state index contributed by atoms with van der Waals surface area (Å²) in [5, 5.41) is 12.8. The molecule has 1 saturated carbocycles. The summed E-state index contributed by atoms with van der Waals surface area (Å²) in [5.41, 5.74) is 1.21. The number of rotatable bonds is 3. The molecule has 0 aliphatic heterocycles. The van der Waals surface area contributed by atoms with Crippen LogP contribution >= 0.6 is 0 Å². The molecule has 0 spiro atoms. The number of fused-ring (bicyclic) bond motifs is 1. The Morgan fingerprint density at radius 1 is 1.29 bits per heavy atom. The Labute approximate surface area is 122 Å². The number of carbonyl (C=O) groups is 1. The van der Waals surface area contributed by atoms with Crippen molar-refractivity contribution in [2.75, 3.05) is 6.61 Å². The third-order valence-electron chi connectivity index (χ3n) is 4.27. The van der Waals surface area contributed by atoms with Crippen LogP contribution in [0.2, 0.25) is 0 Å². The number of aliphatic hydroxyl groups excluding tert-OH is 1. The first kappa shape index (κ1) is 14.1. The molecule has 0 atom stereocenters. The first-order chi connectivity index (χ1) is 10.2. The van der Waals surface area contributed by atoms with Gasteiger partial charge in [0.05, 0.1) is 0 Å². The van der Waals surface area contributed by atoms with Crippen molar-refractivity contribution >= 4 is 16.8 Å². The van der Waals surface area contributed by atoms with E-state index < -0.39 is 0 Å². The van der Waals surface area contributed by atoms with Gasteiger partial charge in [0.25, 0.3) is 5.91 Å². The van der Waals surface area contributed by atoms with Crippen LogP contribution in [0, 0.1) is 11.7 Å². The van der Waals surface area contributed by atoms with Gasteiger partial charge in [-0.05, 0) is 55.9 Å². The monoisotopic (exact) mass is 290 g/mol. The van der Waals surface area contributed by atoms with Gasteiger partial charge in [0.2, 0.25) is 0 Å². The normalized spacial score (nSPS) is 22.4. The van der Waals surface area contributed by atoms with Crippen molar-refractivity contribution in [3.8, 4) is 0 Å². The summed E-state index contributed by atoms with van der Waals surface area (Å²) in [7, 11) is 0. The minimum Gasteiger partial charge on any atom is -0.396 e. The van der Waals surface area contributed by atoms with E-state index in [1.54, 1.807) is 12.1 Å². The largest absolute Gasteiger partial charge is 0.396 e. The Morgan fingerprint density at radius 2 is 2.05 bits per heavy atom. The molecular formula is C16H19FN2O2. The maximum absolute atomic E-state index is 13.2. The number of H-pyrrole nitrogens is 1. The molecule has 3 rings (SSSR count). The predicted molar refractivity (Wildman–Crippen MR) is 78.6 cm³/mol. The standard InChI is InChI=1S/C16H19FN2O2/c17-12-3-6-14-11(7-12)8-15(19-14)16(21)18-13-4-1-10(9-20)2-5-13/h3,6-8,10,13,19-20H,1-2,4-5,9H2,(H,18,21). The van der Waals surface area contributed by atoms with Crippen molar-refractivity contribution < 1.29 is 14.3 Å². The van der Waals surface area contributed by atoms with Crippen LogP contribution < -0.4 is 5.32 Å². The molecule has 1 aliphatic carbocycles. The first-order valence-corrected chi connectivity index (χ1v) is 7.35. The van der Waals surface area contributed by atoms with Gasteiger partial charge in [-0.2, -0.15) is 0 Å². The van der Waals surface area contributed by atoms with Crippen LogP contribution in [-0.4, -0.2) is 28.6 Å². The summed E-state index contributed by atoms with van der Waals surface area (Å²) in [5.74, 6) is -0.0935. The summed E-state index contributed by atoms with van der Waals surface area (Å²) in [6.45, 7) is 0.230. The lowest BCUT2D eigenvalue weighted by Crippen LogP contribution is -2.38. The minimum atomic E-state index is -0.309. The fraction of sp³-hybridized carbons (Fsp3) is 0.438. The highest BCUT2D eigenvalue weighted by Crippen LogP contribution is 2.24. The van der Waals surface area contributed by atoms with Crippen LogP contribution in [0.5, 0.6) is 0 Å². The first-order valence-electron chi connectivity index (χ1n) is 7.35. The highest BCUT2D eigenvalue weighted by atomic mass is 19.1. The summed E-state index contributed by atoms with van der Waals surface area (Å²) < 4.78 is 13.2. The maximum Gasteiger partial charge on any atom is 0.267 e. The Kier molecular flexibility index (Phi) is 3.92. The molecule has 4 nitrogen and oxygen atoms in total. The van der Waals surface area contributed by atoms with Gasteiger partial charge < -0.3 is 15.4 Å². The van der Waals surface area contributed by atoms with Crippen LogP contribution in [0.25, 0.3) is 10.9 Å². The van der Waals surface area contributed by atoms with Gasteiger partial charge in [0.15, 0.2) is 0 Å². The number of amides is 1. The number of hydrogen-bond acceptors (Lipinski definition) is 2. The van der Waals surface area contributed by atoms with Gasteiger partial charge in [-0.3, -0.25) is 4.79 Å². The molecular weight excluding hydrogens is 271 g/mol. The van der Waals surface area contributed by atoms with Crippen LogP contribution in [0.4, 0.5) is 4.39 Å². The smallest absolute Gasteiger partial charge is 0.267 e. The molecule has 1 heterocycles. The van der Waals surface area contributed by atoms with Gasteiger partial charge >= 0.3 is 0 Å². The lowest BCUT2D eigenvalue weighted by molar-refractivity contribution is 0.0910. The second kappa shape index (κ2) is 5.85. The molecule has 21 heavy (non-hydrogen) atoms. The SMILES string of the molecule is O=C(NC1CCC(CO)CC1)c1cc2cc(F)ccc2[nH]1. The van der Waals surface area contributed by atoms with E-state index >= 15 is 0 Å². The third kappa shape index (κ3) is 3.08. The van der Waals surface area contributed by atoms with E-state index in [0.29, 0.717) is 17.0 Å². The average molecular weight is 290 g/mol. The Balaban J connectivity index is 1.67. The number of halogens is 1. The van der Waals surface area contributed by atoms with Crippen LogP contribution in [0.15, 0.2) is 24.3 Å². The van der Waals surface area contributed by atoms with Gasteiger partial charge in [-0.15, -0.1) is 0 Å². The number of carbonyl (C=O) groups excluding carboxylic acids is 1. The van der Waals surface area contributed by atoms with Crippen molar-refractivity contribution in [1.29, 1.82) is 0 Å². The van der Waals surface area contributed by atoms with E-state index in [0.717, 1.165) is 31.2 Å². The summed E-state index contributed by atoms with van der Waals surface area (Å²) in [6.07, 6.45) is 3.68. The molecule has 0 saturated heterocycles. The van der Waals surface area contributed by atoms with Gasteiger partial charge in [0.1, 0.15) is 11.5 Å². The third-order valence-corrected chi connectivity index (χ3v) is 4.27. The van der Waals surface area contributed by atoms with Crippen LogP contribution in [-0.2, 0) is 0 Å². The van der Waals surface area contributed by atoms with Gasteiger partial charge in [-0.1, -0.05) is 0 Å². The molecule has 1 fully saturated rings. The topological polar surface area (TPSA) is 65.1 Å². The lowest BCUT2D eigenvalue weighted by atomic mass is 9.86. The summed E-state index contributed by atoms with van der Waals surface area (Å²) >= 11 is 0. The zero-order valence-electron chi connectivity index (χ0n) is 11.7. The van der Waals surface area contributed by atoms with Gasteiger partial charge in [-0.25, -0.2) is 4.39 Å². The van der Waals surface area contributed by atoms with E-state index in [9.17, 15) is 9.18 Å². The summed E-state index contributed by atoms with van der Waals surface area (Å²) in [4.78, 5) is 15.2. The summed E-state index contributed by atoms with van der Waals surface area (Å²) in [6, 6.07) is 6.25. The molecule has 5 heteroatoms. The second-order valence-electron chi connectivity index (χ2n) is 5.79. The van der Waals surface area contributed by atoms with E-state index in [1.807, 2.05) is 0 Å². The number of aliphatic hydroxyl groups is 1. The number of aromatic nitrogens is 1. The van der Waals surface area contributed by atoms with Crippen molar-refractivity contribution in [3.05, 3.63) is 35.8 Å². The molecule has 112 valence electrons. The fourth-order valence-corrected chi connectivity index (χ4v) is 2.98. The molecule has 0 bridgehead atoms. The highest BCUT2D eigenvalue weighted by molar-refractivity contribution is 5.98. The Hall–Kier alpha value is -1.88. The molecule has 2 aromatic rings. The minimum absolute atomic E-state index is 0.154. The Bertz CT molecular complexity index is 645. The zero-order valence-corrected chi connectivity index (χ0v) is 11.7. The van der Waals surface area contributed by atoms with Crippen LogP contribution in [0.1, 0.15) is 36.2 Å². The van der Waals surface area contributed by atoms with Crippen molar-refractivity contribution in [1.82, 2.24) is 10.3 Å². The second-order valence-corrected chi connectivity index (χ2v) is 5.79. The molecule has 1 aliphatic rings. The number of benzene rings is 1. The van der Waals surface area contributed by atoms with Gasteiger partial charge in [0, 0.05) is 23.6 Å². The maximum atomic E-state index is 13.2. The molecule has 3 N–H and O–H groups in total. The van der Waals surface area contributed by atoms with E-state index in [-0.39, 0.29) is 24.4 Å². The molecule has 1 aromatic heterocycles. The predicted octanol–water partition coefficient (Wildman–Crippen LogP) is 2.59. The van der Waals surface area contributed by atoms with Crippen LogP contribution in [0.3, 0.4) is 0 Å². The molecule has 1 amide bonds. The molecule has 0 radical (unpaired) electrons. The quantitative estimate of drug-likeness (QED) is 0.813. The van der Waals surface area contributed by atoms with Crippen molar-refractivity contribution in [2.24, 2.45) is 5.92 Å². The zero-order chi connectivity index (χ0) is 14.8. The number of hydrogen-bond donors (Lipinski definition) is 3. The van der Waals surface area contributed by atoms with E-state index in [2.05, 4.69) is 10.3 Å². The average Bonchev–Trinajstić information content (AvgIpc) is 2.91. The van der Waals surface area contributed by atoms with Crippen molar-refractivity contribution in [3.63, 3.8) is 0 Å². The number of nitrogens with one attached hydrogen (secondary N) is 2. The highest BCUT2D eigenvalue weighted by Gasteiger charge is 2.22.